The van der Waals surface area contributed by atoms with Gasteiger partial charge in [-0.25, -0.2) is 0 Å². The lowest BCUT2D eigenvalue weighted by Crippen LogP contribution is -2.48. The molecule has 3 N–H and O–H groups in total. The highest BCUT2D eigenvalue weighted by atomic mass is 32.1. The highest BCUT2D eigenvalue weighted by Gasteiger charge is 2.25. The van der Waals surface area contributed by atoms with E-state index in [1.807, 2.05) is 18.2 Å². The molecule has 1 aliphatic heterocycles. The van der Waals surface area contributed by atoms with Gasteiger partial charge in [0.15, 0.2) is 5.11 Å². The maximum atomic E-state index is 11.3. The predicted octanol–water partition coefficient (Wildman–Crippen LogP) is 1.30. The van der Waals surface area contributed by atoms with Crippen molar-refractivity contribution in [1.29, 1.82) is 0 Å². The van der Waals surface area contributed by atoms with Gasteiger partial charge in [0.05, 0.1) is 5.92 Å². The predicted molar refractivity (Wildman–Crippen MR) is 84.2 cm³/mol. The normalized spacial score (nSPS) is 18.6. The SMILES string of the molecule is NC(=O)[C@H]1CCCN(C(=S)NCCc2ccccc2)C1. The summed E-state index contributed by atoms with van der Waals surface area (Å²) >= 11 is 5.39. The van der Waals surface area contributed by atoms with Crippen molar-refractivity contribution in [3.05, 3.63) is 35.9 Å². The van der Waals surface area contributed by atoms with Crippen LogP contribution in [0.5, 0.6) is 0 Å². The van der Waals surface area contributed by atoms with E-state index in [-0.39, 0.29) is 11.8 Å². The van der Waals surface area contributed by atoms with E-state index in [0.29, 0.717) is 6.54 Å². The van der Waals surface area contributed by atoms with Crippen molar-refractivity contribution in [3.63, 3.8) is 0 Å². The summed E-state index contributed by atoms with van der Waals surface area (Å²) in [4.78, 5) is 13.3. The van der Waals surface area contributed by atoms with Gasteiger partial charge in [-0.2, -0.15) is 0 Å². The van der Waals surface area contributed by atoms with Crippen molar-refractivity contribution in [1.82, 2.24) is 10.2 Å². The lowest BCUT2D eigenvalue weighted by atomic mass is 9.98. The van der Waals surface area contributed by atoms with Gasteiger partial charge in [-0.15, -0.1) is 0 Å². The van der Waals surface area contributed by atoms with Crippen LogP contribution in [-0.2, 0) is 11.2 Å². The number of nitrogens with one attached hydrogen (secondary N) is 1. The number of thiocarbonyl (C=S) groups is 1. The largest absolute Gasteiger partial charge is 0.369 e. The van der Waals surface area contributed by atoms with E-state index in [1.165, 1.54) is 5.56 Å². The van der Waals surface area contributed by atoms with Crippen LogP contribution in [0.15, 0.2) is 30.3 Å². The molecule has 20 heavy (non-hydrogen) atoms. The fraction of sp³-hybridized carbons (Fsp3) is 0.467. The van der Waals surface area contributed by atoms with E-state index >= 15 is 0 Å². The Morgan fingerprint density at radius 1 is 1.40 bits per heavy atom. The number of carbonyl (C=O) groups is 1. The van der Waals surface area contributed by atoms with Gasteiger partial charge in [0.2, 0.25) is 5.91 Å². The van der Waals surface area contributed by atoms with Crippen molar-refractivity contribution in [3.8, 4) is 0 Å². The molecule has 1 heterocycles. The van der Waals surface area contributed by atoms with Gasteiger partial charge in [-0.05, 0) is 37.0 Å². The summed E-state index contributed by atoms with van der Waals surface area (Å²) in [5, 5.41) is 3.99. The van der Waals surface area contributed by atoms with Crippen molar-refractivity contribution in [2.45, 2.75) is 19.3 Å². The smallest absolute Gasteiger partial charge is 0.222 e. The van der Waals surface area contributed by atoms with Gasteiger partial charge in [-0.1, -0.05) is 30.3 Å². The molecule has 1 aromatic carbocycles. The lowest BCUT2D eigenvalue weighted by Gasteiger charge is -2.33. The van der Waals surface area contributed by atoms with Crippen LogP contribution in [0.4, 0.5) is 0 Å². The Bertz CT molecular complexity index is 463. The molecule has 0 saturated carbocycles. The third-order valence-electron chi connectivity index (χ3n) is 3.64. The molecule has 1 saturated heterocycles. The van der Waals surface area contributed by atoms with Crippen molar-refractivity contribution in [2.24, 2.45) is 11.7 Å². The third kappa shape index (κ3) is 4.20. The summed E-state index contributed by atoms with van der Waals surface area (Å²) in [6, 6.07) is 10.3. The van der Waals surface area contributed by atoms with E-state index in [2.05, 4.69) is 22.3 Å². The molecule has 1 amide bonds. The van der Waals surface area contributed by atoms with Crippen molar-refractivity contribution < 1.29 is 4.79 Å². The van der Waals surface area contributed by atoms with E-state index in [1.54, 1.807) is 0 Å². The minimum atomic E-state index is -0.221. The number of rotatable bonds is 4. The van der Waals surface area contributed by atoms with Crippen LogP contribution in [0.3, 0.4) is 0 Å². The van der Waals surface area contributed by atoms with Gasteiger partial charge in [-0.3, -0.25) is 4.79 Å². The zero-order valence-corrected chi connectivity index (χ0v) is 12.4. The molecule has 2 rings (SSSR count). The number of benzene rings is 1. The van der Waals surface area contributed by atoms with Gasteiger partial charge in [0.1, 0.15) is 0 Å². The van der Waals surface area contributed by atoms with Crippen LogP contribution >= 0.6 is 12.2 Å². The summed E-state index contributed by atoms with van der Waals surface area (Å²) in [5.41, 5.74) is 6.66. The lowest BCUT2D eigenvalue weighted by molar-refractivity contribution is -0.122. The molecule has 0 unspecified atom stereocenters. The van der Waals surface area contributed by atoms with Crippen LogP contribution in [-0.4, -0.2) is 35.6 Å². The molecule has 1 atom stereocenters. The number of piperidine rings is 1. The molecule has 1 fully saturated rings. The molecule has 108 valence electrons. The fourth-order valence-corrected chi connectivity index (χ4v) is 2.73. The zero-order valence-electron chi connectivity index (χ0n) is 11.5. The first kappa shape index (κ1) is 14.8. The highest BCUT2D eigenvalue weighted by Crippen LogP contribution is 2.15. The molecule has 1 aliphatic rings. The van der Waals surface area contributed by atoms with Gasteiger partial charge < -0.3 is 16.0 Å². The molecule has 4 nitrogen and oxygen atoms in total. The van der Waals surface area contributed by atoms with Crippen LogP contribution in [0.25, 0.3) is 0 Å². The highest BCUT2D eigenvalue weighted by molar-refractivity contribution is 7.80. The number of hydrogen-bond acceptors (Lipinski definition) is 2. The van der Waals surface area contributed by atoms with Crippen molar-refractivity contribution in [2.75, 3.05) is 19.6 Å². The number of nitrogens with two attached hydrogens (primary N) is 1. The molecule has 1 aromatic rings. The standard InChI is InChI=1S/C15H21N3OS/c16-14(19)13-7-4-10-18(11-13)15(20)17-9-8-12-5-2-1-3-6-12/h1-3,5-6,13H,4,7-11H2,(H2,16,19)(H,17,20)/t13-/m0/s1. The summed E-state index contributed by atoms with van der Waals surface area (Å²) in [5.74, 6) is -0.292. The number of hydrogen-bond donors (Lipinski definition) is 2. The van der Waals surface area contributed by atoms with E-state index in [4.69, 9.17) is 18.0 Å². The number of carbonyl (C=O) groups excluding carboxylic acids is 1. The summed E-state index contributed by atoms with van der Waals surface area (Å²) < 4.78 is 0. The average molecular weight is 291 g/mol. The molecule has 0 aromatic heterocycles. The third-order valence-corrected chi connectivity index (χ3v) is 4.05. The molecule has 5 heteroatoms. The van der Waals surface area contributed by atoms with Crippen LogP contribution in [0, 0.1) is 5.92 Å². The quantitative estimate of drug-likeness (QED) is 0.821. The molecular formula is C15H21N3OS. The number of primary amides is 1. The summed E-state index contributed by atoms with van der Waals surface area (Å²) in [6.07, 6.45) is 2.78. The van der Waals surface area contributed by atoms with Gasteiger partial charge in [0.25, 0.3) is 0 Å². The Morgan fingerprint density at radius 2 is 2.15 bits per heavy atom. The molecule has 0 aliphatic carbocycles. The first-order valence-corrected chi connectivity index (χ1v) is 7.43. The Kier molecular flexibility index (Phi) is 5.35. The van der Waals surface area contributed by atoms with Crippen LogP contribution in [0.2, 0.25) is 0 Å². The second-order valence-corrected chi connectivity index (χ2v) is 5.54. The van der Waals surface area contributed by atoms with E-state index in [9.17, 15) is 4.79 Å². The number of likely N-dealkylation sites (tertiary alicyclic amines) is 1. The maximum Gasteiger partial charge on any atom is 0.222 e. The topological polar surface area (TPSA) is 58.4 Å². The van der Waals surface area contributed by atoms with Gasteiger partial charge >= 0.3 is 0 Å². The van der Waals surface area contributed by atoms with Crippen LogP contribution in [0.1, 0.15) is 18.4 Å². The number of amides is 1. The summed E-state index contributed by atoms with van der Waals surface area (Å²) in [7, 11) is 0. The van der Waals surface area contributed by atoms with Crippen LogP contribution < -0.4 is 11.1 Å². The Labute approximate surface area is 125 Å². The molecule has 0 bridgehead atoms. The van der Waals surface area contributed by atoms with E-state index < -0.39 is 0 Å². The monoisotopic (exact) mass is 291 g/mol. The Hall–Kier alpha value is -1.62. The maximum absolute atomic E-state index is 11.3. The first-order chi connectivity index (χ1) is 9.66. The molecular weight excluding hydrogens is 270 g/mol. The van der Waals surface area contributed by atoms with E-state index in [0.717, 1.165) is 37.5 Å². The minimum Gasteiger partial charge on any atom is -0.369 e. The molecule has 0 spiro atoms. The van der Waals surface area contributed by atoms with Gasteiger partial charge in [0, 0.05) is 19.6 Å². The Morgan fingerprint density at radius 3 is 2.85 bits per heavy atom. The average Bonchev–Trinajstić information content (AvgIpc) is 2.48. The molecule has 0 radical (unpaired) electrons. The fourth-order valence-electron chi connectivity index (χ4n) is 2.46. The van der Waals surface area contributed by atoms with Crippen molar-refractivity contribution >= 4 is 23.2 Å². The first-order valence-electron chi connectivity index (χ1n) is 7.03. The minimum absolute atomic E-state index is 0.0716. The zero-order chi connectivity index (χ0) is 14.4. The second-order valence-electron chi connectivity index (χ2n) is 5.16. The number of nitrogens with zero attached hydrogens (tertiary/aromatic N) is 1. The summed E-state index contributed by atoms with van der Waals surface area (Å²) in [6.45, 7) is 2.36. The second kappa shape index (κ2) is 7.24. The Balaban J connectivity index is 1.75.